The molecule has 0 aliphatic rings. The monoisotopic (exact) mass is 297 g/mol. The van der Waals surface area contributed by atoms with E-state index in [1.54, 1.807) is 24.3 Å². The van der Waals surface area contributed by atoms with Gasteiger partial charge in [0.05, 0.1) is 18.0 Å². The summed E-state index contributed by atoms with van der Waals surface area (Å²) in [5, 5.41) is 2.56. The number of hydrogen-bond donors (Lipinski definition) is 1. The Labute approximate surface area is 119 Å². The van der Waals surface area contributed by atoms with Gasteiger partial charge in [-0.25, -0.2) is 8.42 Å². The maximum Gasteiger partial charge on any atom is 0.239 e. The third kappa shape index (κ3) is 5.44. The average molecular weight is 297 g/mol. The summed E-state index contributed by atoms with van der Waals surface area (Å²) in [5.41, 5.74) is 0.472. The minimum Gasteiger partial charge on any atom is -0.491 e. The summed E-state index contributed by atoms with van der Waals surface area (Å²) in [6.45, 7) is 5.86. The predicted molar refractivity (Wildman–Crippen MR) is 79.7 cm³/mol. The Morgan fingerprint density at radius 3 is 2.75 bits per heavy atom. The van der Waals surface area contributed by atoms with Gasteiger partial charge in [-0.3, -0.25) is 4.79 Å². The van der Waals surface area contributed by atoms with Crippen LogP contribution in [-0.2, 0) is 14.6 Å². The van der Waals surface area contributed by atoms with Gasteiger partial charge in [-0.1, -0.05) is 25.1 Å². The van der Waals surface area contributed by atoms with E-state index >= 15 is 0 Å². The van der Waals surface area contributed by atoms with Crippen molar-refractivity contribution in [3.8, 4) is 5.75 Å². The SMILES string of the molecule is C=CCS(=O)(=O)CC(=O)Nc1ccccc1OCCC. The first-order valence-electron chi connectivity index (χ1n) is 6.31. The van der Waals surface area contributed by atoms with Crippen LogP contribution in [0, 0.1) is 0 Å². The molecule has 6 heteroatoms. The molecule has 0 aliphatic heterocycles. The highest BCUT2D eigenvalue weighted by Crippen LogP contribution is 2.23. The molecule has 1 rings (SSSR count). The van der Waals surface area contributed by atoms with Gasteiger partial charge in [0.1, 0.15) is 11.5 Å². The Kier molecular flexibility index (Phi) is 6.24. The summed E-state index contributed by atoms with van der Waals surface area (Å²) in [4.78, 5) is 11.7. The molecular formula is C14H19NO4S. The van der Waals surface area contributed by atoms with Gasteiger partial charge in [-0.2, -0.15) is 0 Å². The van der Waals surface area contributed by atoms with Gasteiger partial charge < -0.3 is 10.1 Å². The van der Waals surface area contributed by atoms with Gasteiger partial charge in [-0.15, -0.1) is 6.58 Å². The van der Waals surface area contributed by atoms with Gasteiger partial charge in [-0.05, 0) is 18.6 Å². The van der Waals surface area contributed by atoms with E-state index in [0.29, 0.717) is 18.0 Å². The first kappa shape index (κ1) is 16.2. The van der Waals surface area contributed by atoms with Crippen LogP contribution in [0.1, 0.15) is 13.3 Å². The Hall–Kier alpha value is -1.82. The van der Waals surface area contributed by atoms with Gasteiger partial charge in [0.25, 0.3) is 0 Å². The van der Waals surface area contributed by atoms with Crippen molar-refractivity contribution in [2.75, 3.05) is 23.4 Å². The number of carbonyl (C=O) groups excluding carboxylic acids is 1. The van der Waals surface area contributed by atoms with E-state index in [2.05, 4.69) is 11.9 Å². The molecular weight excluding hydrogens is 278 g/mol. The number of anilines is 1. The lowest BCUT2D eigenvalue weighted by atomic mass is 10.3. The zero-order valence-corrected chi connectivity index (χ0v) is 12.3. The van der Waals surface area contributed by atoms with Crippen LogP contribution in [0.15, 0.2) is 36.9 Å². The van der Waals surface area contributed by atoms with Gasteiger partial charge in [0.15, 0.2) is 9.84 Å². The van der Waals surface area contributed by atoms with Crippen LogP contribution in [0.5, 0.6) is 5.75 Å². The van der Waals surface area contributed by atoms with E-state index in [4.69, 9.17) is 4.74 Å². The molecule has 0 aliphatic carbocycles. The number of ether oxygens (including phenoxy) is 1. The molecule has 110 valence electrons. The standard InChI is InChI=1S/C14H19NO4S/c1-3-9-19-13-8-6-5-7-12(13)15-14(16)11-20(17,18)10-4-2/h4-8H,2-3,9-11H2,1H3,(H,15,16). The van der Waals surface area contributed by atoms with E-state index in [1.807, 2.05) is 6.92 Å². The molecule has 0 spiro atoms. The van der Waals surface area contributed by atoms with E-state index in [-0.39, 0.29) is 5.75 Å². The lowest BCUT2D eigenvalue weighted by molar-refractivity contribution is -0.113. The molecule has 1 N–H and O–H groups in total. The van der Waals surface area contributed by atoms with Crippen molar-refractivity contribution in [2.45, 2.75) is 13.3 Å². The third-order valence-corrected chi connectivity index (χ3v) is 3.79. The molecule has 0 fully saturated rings. The Morgan fingerprint density at radius 1 is 1.40 bits per heavy atom. The fourth-order valence-corrected chi connectivity index (χ4v) is 2.48. The molecule has 0 saturated heterocycles. The first-order valence-corrected chi connectivity index (χ1v) is 8.13. The topological polar surface area (TPSA) is 72.5 Å². The largest absolute Gasteiger partial charge is 0.491 e. The van der Waals surface area contributed by atoms with Crippen LogP contribution in [-0.4, -0.2) is 32.4 Å². The van der Waals surface area contributed by atoms with E-state index in [0.717, 1.165) is 6.42 Å². The summed E-state index contributed by atoms with van der Waals surface area (Å²) in [5.74, 6) is -0.835. The number of hydrogen-bond acceptors (Lipinski definition) is 4. The molecule has 1 aromatic carbocycles. The normalized spacial score (nSPS) is 10.8. The Morgan fingerprint density at radius 2 is 2.10 bits per heavy atom. The molecule has 1 aromatic rings. The van der Waals surface area contributed by atoms with Crippen LogP contribution in [0.3, 0.4) is 0 Å². The van der Waals surface area contributed by atoms with Crippen molar-refractivity contribution in [2.24, 2.45) is 0 Å². The minimum atomic E-state index is -3.45. The molecule has 5 nitrogen and oxygen atoms in total. The molecule has 0 bridgehead atoms. The van der Waals surface area contributed by atoms with Crippen molar-refractivity contribution in [3.05, 3.63) is 36.9 Å². The number of nitrogens with one attached hydrogen (secondary N) is 1. The van der Waals surface area contributed by atoms with Crippen LogP contribution in [0.25, 0.3) is 0 Å². The van der Waals surface area contributed by atoms with Gasteiger partial charge in [0.2, 0.25) is 5.91 Å². The summed E-state index contributed by atoms with van der Waals surface area (Å²) in [6.07, 6.45) is 2.11. The van der Waals surface area contributed by atoms with Crippen LogP contribution in [0.2, 0.25) is 0 Å². The maximum atomic E-state index is 11.7. The van der Waals surface area contributed by atoms with Crippen molar-refractivity contribution in [3.63, 3.8) is 0 Å². The number of amides is 1. The quantitative estimate of drug-likeness (QED) is 0.745. The third-order valence-electron chi connectivity index (χ3n) is 2.35. The van der Waals surface area contributed by atoms with E-state index in [9.17, 15) is 13.2 Å². The molecule has 0 saturated carbocycles. The highest BCUT2D eigenvalue weighted by molar-refractivity contribution is 7.92. The molecule has 0 aromatic heterocycles. The average Bonchev–Trinajstić information content (AvgIpc) is 2.36. The summed E-state index contributed by atoms with van der Waals surface area (Å²) < 4.78 is 28.5. The summed E-state index contributed by atoms with van der Waals surface area (Å²) in [6, 6.07) is 6.92. The fraction of sp³-hybridized carbons (Fsp3) is 0.357. The first-order chi connectivity index (χ1) is 9.48. The molecule has 0 heterocycles. The van der Waals surface area contributed by atoms with E-state index in [1.165, 1.54) is 6.08 Å². The zero-order valence-electron chi connectivity index (χ0n) is 11.5. The maximum absolute atomic E-state index is 11.7. The molecule has 0 radical (unpaired) electrons. The van der Waals surface area contributed by atoms with Gasteiger partial charge >= 0.3 is 0 Å². The number of rotatable bonds is 8. The highest BCUT2D eigenvalue weighted by atomic mass is 32.2. The molecule has 0 atom stereocenters. The lowest BCUT2D eigenvalue weighted by Gasteiger charge is -2.11. The zero-order chi connectivity index (χ0) is 15.0. The molecule has 20 heavy (non-hydrogen) atoms. The number of para-hydroxylation sites is 2. The molecule has 0 unspecified atom stereocenters. The second-order valence-corrected chi connectivity index (χ2v) is 6.35. The van der Waals surface area contributed by atoms with Gasteiger partial charge in [0, 0.05) is 0 Å². The Bertz CT molecular complexity index is 566. The smallest absolute Gasteiger partial charge is 0.239 e. The van der Waals surface area contributed by atoms with Crippen molar-refractivity contribution in [1.29, 1.82) is 0 Å². The predicted octanol–water partition coefficient (Wildman–Crippen LogP) is 2.01. The van der Waals surface area contributed by atoms with Crippen LogP contribution >= 0.6 is 0 Å². The number of carbonyl (C=O) groups is 1. The second kappa shape index (κ2) is 7.69. The van der Waals surface area contributed by atoms with Crippen LogP contribution < -0.4 is 10.1 Å². The lowest BCUT2D eigenvalue weighted by Crippen LogP contribution is -2.24. The second-order valence-electron chi connectivity index (χ2n) is 4.24. The highest BCUT2D eigenvalue weighted by Gasteiger charge is 2.16. The van der Waals surface area contributed by atoms with Crippen molar-refractivity contribution < 1.29 is 17.9 Å². The summed E-state index contributed by atoms with van der Waals surface area (Å²) >= 11 is 0. The van der Waals surface area contributed by atoms with E-state index < -0.39 is 21.5 Å². The van der Waals surface area contributed by atoms with Crippen molar-refractivity contribution >= 4 is 21.4 Å². The number of sulfone groups is 1. The van der Waals surface area contributed by atoms with Crippen molar-refractivity contribution in [1.82, 2.24) is 0 Å². The fourth-order valence-electron chi connectivity index (χ4n) is 1.53. The van der Waals surface area contributed by atoms with Crippen LogP contribution in [0.4, 0.5) is 5.69 Å². The minimum absolute atomic E-state index is 0.214. The Balaban J connectivity index is 2.73. The molecule has 1 amide bonds. The number of benzene rings is 1. The summed E-state index contributed by atoms with van der Waals surface area (Å²) in [7, 11) is -3.45.